The van der Waals surface area contributed by atoms with Crippen LogP contribution in [0.2, 0.25) is 0 Å². The van der Waals surface area contributed by atoms with E-state index in [2.05, 4.69) is 5.32 Å². The van der Waals surface area contributed by atoms with Crippen molar-refractivity contribution >= 4 is 27.6 Å². The van der Waals surface area contributed by atoms with Crippen LogP contribution in [0.25, 0.3) is 0 Å². The Labute approximate surface area is 171 Å². The molecule has 0 aromatic heterocycles. The lowest BCUT2D eigenvalue weighted by Crippen LogP contribution is -2.45. The third-order valence-electron chi connectivity index (χ3n) is 4.85. The fourth-order valence-electron chi connectivity index (χ4n) is 2.73. The van der Waals surface area contributed by atoms with E-state index in [4.69, 9.17) is 4.74 Å². The summed E-state index contributed by atoms with van der Waals surface area (Å²) >= 11 is 0. The molecule has 2 atom stereocenters. The fraction of sp³-hybridized carbons (Fsp3) is 0.333. The molecule has 0 fully saturated rings. The minimum absolute atomic E-state index is 0.0619. The molecule has 7 nitrogen and oxygen atoms in total. The van der Waals surface area contributed by atoms with Gasteiger partial charge in [0.15, 0.2) is 0 Å². The number of amides is 1. The third-order valence-corrected chi connectivity index (χ3v) is 6.65. The molecule has 0 unspecified atom stereocenters. The number of carbonyl (C=O) groups excluding carboxylic acids is 2. The molecule has 0 radical (unpaired) electrons. The lowest BCUT2D eigenvalue weighted by atomic mass is 9.99. The van der Waals surface area contributed by atoms with E-state index >= 15 is 0 Å². The molecule has 0 bridgehead atoms. The summed E-state index contributed by atoms with van der Waals surface area (Å²) in [5, 5.41) is 2.67. The van der Waals surface area contributed by atoms with Crippen molar-refractivity contribution < 1.29 is 22.7 Å². The summed E-state index contributed by atoms with van der Waals surface area (Å²) in [7, 11) is -1.02. The molecule has 0 aliphatic heterocycles. The van der Waals surface area contributed by atoms with Crippen molar-refractivity contribution in [3.05, 3.63) is 60.2 Å². The third kappa shape index (κ3) is 5.14. The number of rotatable bonds is 8. The molecule has 0 spiro atoms. The second-order valence-corrected chi connectivity index (χ2v) is 8.66. The number of hydrogen-bond donors (Lipinski definition) is 1. The van der Waals surface area contributed by atoms with Gasteiger partial charge in [0.2, 0.25) is 0 Å². The lowest BCUT2D eigenvalue weighted by molar-refractivity contribution is -0.144. The number of para-hydroxylation sites is 1. The van der Waals surface area contributed by atoms with Gasteiger partial charge >= 0.3 is 5.97 Å². The average Bonchev–Trinajstić information content (AvgIpc) is 2.76. The summed E-state index contributed by atoms with van der Waals surface area (Å²) in [4.78, 5) is 24.5. The Kier molecular flexibility index (Phi) is 7.39. The number of hydrogen-bond acceptors (Lipinski definition) is 5. The Hall–Kier alpha value is -2.87. The zero-order chi connectivity index (χ0) is 21.6. The van der Waals surface area contributed by atoms with Gasteiger partial charge in [0.1, 0.15) is 6.04 Å². The quantitative estimate of drug-likeness (QED) is 0.666. The summed E-state index contributed by atoms with van der Waals surface area (Å²) < 4.78 is 31.6. The number of nitrogens with one attached hydrogen (secondary N) is 1. The molecule has 1 amide bonds. The van der Waals surface area contributed by atoms with Crippen LogP contribution in [0.1, 0.15) is 30.6 Å². The highest BCUT2D eigenvalue weighted by molar-refractivity contribution is 7.92. The van der Waals surface area contributed by atoms with Crippen molar-refractivity contribution in [3.63, 3.8) is 0 Å². The fourth-order valence-corrected chi connectivity index (χ4v) is 3.93. The Morgan fingerprint density at radius 2 is 1.66 bits per heavy atom. The maximum atomic E-state index is 12.8. The summed E-state index contributed by atoms with van der Waals surface area (Å²) in [6, 6.07) is 13.5. The zero-order valence-corrected chi connectivity index (χ0v) is 17.8. The van der Waals surface area contributed by atoms with Crippen LogP contribution in [0.5, 0.6) is 0 Å². The Bertz CT molecular complexity index is 943. The van der Waals surface area contributed by atoms with Crippen LogP contribution in [-0.4, -0.2) is 40.5 Å². The van der Waals surface area contributed by atoms with E-state index in [1.165, 1.54) is 42.7 Å². The predicted octanol–water partition coefficient (Wildman–Crippen LogP) is 2.83. The Morgan fingerprint density at radius 3 is 2.17 bits per heavy atom. The topological polar surface area (TPSA) is 92.8 Å². The van der Waals surface area contributed by atoms with E-state index in [-0.39, 0.29) is 16.4 Å². The smallest absolute Gasteiger partial charge is 0.328 e. The van der Waals surface area contributed by atoms with Crippen LogP contribution in [0.4, 0.5) is 5.69 Å². The second kappa shape index (κ2) is 9.56. The molecule has 0 aliphatic rings. The molecule has 29 heavy (non-hydrogen) atoms. The first-order valence-corrected chi connectivity index (χ1v) is 10.7. The number of nitrogens with zero attached hydrogens (tertiary/aromatic N) is 1. The van der Waals surface area contributed by atoms with Gasteiger partial charge in [-0.15, -0.1) is 0 Å². The van der Waals surface area contributed by atoms with Crippen molar-refractivity contribution in [1.29, 1.82) is 0 Å². The van der Waals surface area contributed by atoms with Gasteiger partial charge in [-0.25, -0.2) is 13.2 Å². The number of methoxy groups -OCH3 is 1. The summed E-state index contributed by atoms with van der Waals surface area (Å²) in [5.74, 6) is -1.09. The SMILES string of the molecule is CC[C@H](C)[C@@H](NC(=O)c1ccc(S(=O)(=O)N(C)c2ccccc2)cc1)C(=O)OC. The van der Waals surface area contributed by atoms with E-state index in [9.17, 15) is 18.0 Å². The molecule has 2 aromatic rings. The predicted molar refractivity (Wildman–Crippen MR) is 111 cm³/mol. The van der Waals surface area contributed by atoms with Crippen molar-refractivity contribution in [2.24, 2.45) is 5.92 Å². The second-order valence-electron chi connectivity index (χ2n) is 6.69. The van der Waals surface area contributed by atoms with Crippen LogP contribution >= 0.6 is 0 Å². The van der Waals surface area contributed by atoms with Gasteiger partial charge in [-0.2, -0.15) is 0 Å². The molecular weight excluding hydrogens is 392 g/mol. The van der Waals surface area contributed by atoms with Gasteiger partial charge in [-0.1, -0.05) is 38.5 Å². The molecule has 8 heteroatoms. The highest BCUT2D eigenvalue weighted by atomic mass is 32.2. The number of anilines is 1. The number of esters is 1. The van der Waals surface area contributed by atoms with E-state index < -0.39 is 27.9 Å². The van der Waals surface area contributed by atoms with Crippen molar-refractivity contribution in [2.45, 2.75) is 31.2 Å². The number of carbonyl (C=O) groups is 2. The number of sulfonamides is 1. The number of ether oxygens (including phenoxy) is 1. The average molecular weight is 419 g/mol. The highest BCUT2D eigenvalue weighted by Crippen LogP contribution is 2.22. The monoisotopic (exact) mass is 418 g/mol. The largest absolute Gasteiger partial charge is 0.467 e. The van der Waals surface area contributed by atoms with E-state index in [0.717, 1.165) is 0 Å². The number of benzene rings is 2. The molecule has 0 saturated carbocycles. The van der Waals surface area contributed by atoms with Gasteiger partial charge in [-0.05, 0) is 42.3 Å². The summed E-state index contributed by atoms with van der Waals surface area (Å²) in [6.07, 6.45) is 0.684. The minimum Gasteiger partial charge on any atom is -0.467 e. The maximum absolute atomic E-state index is 12.8. The van der Waals surface area contributed by atoms with Gasteiger partial charge in [-0.3, -0.25) is 9.10 Å². The van der Waals surface area contributed by atoms with E-state index in [0.29, 0.717) is 12.1 Å². The molecule has 2 aromatic carbocycles. The molecule has 0 saturated heterocycles. The van der Waals surface area contributed by atoms with Crippen LogP contribution in [0.15, 0.2) is 59.5 Å². The standard InChI is InChI=1S/C21H26N2O5S/c1-5-15(2)19(21(25)28-4)22-20(24)16-11-13-18(14-12-16)29(26,27)23(3)17-9-7-6-8-10-17/h6-15,19H,5H2,1-4H3,(H,22,24)/t15-,19+/m0/s1. The Morgan fingerprint density at radius 1 is 1.07 bits per heavy atom. The van der Waals surface area contributed by atoms with Crippen LogP contribution in [-0.2, 0) is 19.6 Å². The van der Waals surface area contributed by atoms with Gasteiger partial charge in [0.25, 0.3) is 15.9 Å². The summed E-state index contributed by atoms with van der Waals surface area (Å²) in [6.45, 7) is 3.76. The molecular formula is C21H26N2O5S. The van der Waals surface area contributed by atoms with Gasteiger partial charge in [0, 0.05) is 12.6 Å². The van der Waals surface area contributed by atoms with E-state index in [1.807, 2.05) is 13.8 Å². The maximum Gasteiger partial charge on any atom is 0.328 e. The van der Waals surface area contributed by atoms with Crippen molar-refractivity contribution in [2.75, 3.05) is 18.5 Å². The van der Waals surface area contributed by atoms with Crippen molar-refractivity contribution in [1.82, 2.24) is 5.32 Å². The zero-order valence-electron chi connectivity index (χ0n) is 17.0. The first-order valence-electron chi connectivity index (χ1n) is 9.25. The normalized spacial score (nSPS) is 13.2. The minimum atomic E-state index is -3.76. The summed E-state index contributed by atoms with van der Waals surface area (Å²) in [5.41, 5.74) is 0.785. The van der Waals surface area contributed by atoms with E-state index in [1.54, 1.807) is 30.3 Å². The highest BCUT2D eigenvalue weighted by Gasteiger charge is 2.27. The first kappa shape index (κ1) is 22.4. The van der Waals surface area contributed by atoms with Crippen LogP contribution in [0.3, 0.4) is 0 Å². The van der Waals surface area contributed by atoms with Gasteiger partial charge < -0.3 is 10.1 Å². The Balaban J connectivity index is 2.20. The molecule has 2 rings (SSSR count). The molecule has 1 N–H and O–H groups in total. The lowest BCUT2D eigenvalue weighted by Gasteiger charge is -2.22. The van der Waals surface area contributed by atoms with Gasteiger partial charge in [0.05, 0.1) is 17.7 Å². The van der Waals surface area contributed by atoms with Crippen LogP contribution < -0.4 is 9.62 Å². The molecule has 156 valence electrons. The van der Waals surface area contributed by atoms with Crippen molar-refractivity contribution in [3.8, 4) is 0 Å². The van der Waals surface area contributed by atoms with Crippen LogP contribution in [0, 0.1) is 5.92 Å². The molecule has 0 aliphatic carbocycles. The molecule has 0 heterocycles. The first-order chi connectivity index (χ1) is 13.7.